The summed E-state index contributed by atoms with van der Waals surface area (Å²) in [6.07, 6.45) is 4.57. The van der Waals surface area contributed by atoms with E-state index in [1.165, 1.54) is 69.9 Å². The fourth-order valence-electron chi connectivity index (χ4n) is 8.99. The Morgan fingerprint density at radius 1 is 0.610 bits per heavy atom. The van der Waals surface area contributed by atoms with Crippen molar-refractivity contribution in [1.29, 1.82) is 0 Å². The zero-order valence-electron chi connectivity index (χ0n) is 21.5. The van der Waals surface area contributed by atoms with Gasteiger partial charge in [0.05, 0.1) is 17.2 Å². The number of aromatic nitrogens is 2. The van der Waals surface area contributed by atoms with Gasteiger partial charge in [-0.15, -0.1) is 9.13 Å². The van der Waals surface area contributed by atoms with E-state index in [1.807, 2.05) is 23.5 Å². The standard InChI is InChI=1S/C33H20N4O2S2/c1-4-18-27-20(6-1)40-22-10-8-16-17-9-11-23-30-25(17)26-24(16)29(22)32(27,34-14-38-18)36-12-3-13-37(31(26)36)33(30)28-19(39-15-35-33)5-2-7-21(28)41-23/h1-13,26,34-35H,14-15H2/q+2. The smallest absolute Gasteiger partial charge is 0.434 e. The number of benzene rings is 4. The van der Waals surface area contributed by atoms with Crippen LogP contribution in [0.1, 0.15) is 45.1 Å². The van der Waals surface area contributed by atoms with Crippen molar-refractivity contribution in [3.05, 3.63) is 118 Å². The van der Waals surface area contributed by atoms with Gasteiger partial charge in [0.15, 0.2) is 18.3 Å². The predicted octanol–water partition coefficient (Wildman–Crippen LogP) is 4.36. The van der Waals surface area contributed by atoms with Crippen molar-refractivity contribution in [2.75, 3.05) is 13.5 Å². The average Bonchev–Trinajstić information content (AvgIpc) is 3.35. The molecule has 5 aromatic rings. The summed E-state index contributed by atoms with van der Waals surface area (Å²) in [7, 11) is 0. The van der Waals surface area contributed by atoms with E-state index in [9.17, 15) is 0 Å². The summed E-state index contributed by atoms with van der Waals surface area (Å²) < 4.78 is 17.6. The van der Waals surface area contributed by atoms with Crippen LogP contribution in [0.25, 0.3) is 11.1 Å². The molecule has 7 heterocycles. The molecule has 0 radical (unpaired) electrons. The van der Waals surface area contributed by atoms with E-state index in [0.717, 1.165) is 11.5 Å². The Hall–Kier alpha value is -3.82. The lowest BCUT2D eigenvalue weighted by atomic mass is 9.72. The highest BCUT2D eigenvalue weighted by atomic mass is 32.2. The molecule has 2 N–H and O–H groups in total. The predicted molar refractivity (Wildman–Crippen MR) is 150 cm³/mol. The molecule has 1 aromatic heterocycles. The number of rotatable bonds is 0. The molecule has 7 aliphatic rings. The zero-order valence-corrected chi connectivity index (χ0v) is 23.2. The summed E-state index contributed by atoms with van der Waals surface area (Å²) in [6.45, 7) is 0.888. The summed E-state index contributed by atoms with van der Waals surface area (Å²) in [5.74, 6) is 3.35. The topological polar surface area (TPSA) is 50.3 Å². The van der Waals surface area contributed by atoms with Crippen LogP contribution in [0.4, 0.5) is 0 Å². The molecule has 2 unspecified atom stereocenters. The van der Waals surface area contributed by atoms with E-state index >= 15 is 0 Å². The van der Waals surface area contributed by atoms with Crippen LogP contribution in [0.2, 0.25) is 0 Å². The van der Waals surface area contributed by atoms with Crippen molar-refractivity contribution < 1.29 is 18.6 Å². The number of hydrogen-bond acceptors (Lipinski definition) is 6. The van der Waals surface area contributed by atoms with Crippen LogP contribution in [0.3, 0.4) is 0 Å². The van der Waals surface area contributed by atoms with Crippen molar-refractivity contribution in [3.63, 3.8) is 0 Å². The normalized spacial score (nSPS) is 26.3. The molecule has 194 valence electrons. The van der Waals surface area contributed by atoms with Crippen molar-refractivity contribution in [2.45, 2.75) is 36.8 Å². The molecule has 0 saturated heterocycles. The molecule has 4 aromatic carbocycles. The van der Waals surface area contributed by atoms with Gasteiger partial charge in [-0.1, -0.05) is 47.8 Å². The molecular weight excluding hydrogens is 549 g/mol. The van der Waals surface area contributed by atoms with Gasteiger partial charge < -0.3 is 9.47 Å². The number of nitrogens with zero attached hydrogens (tertiary/aromatic N) is 2. The van der Waals surface area contributed by atoms with Crippen molar-refractivity contribution in [3.8, 4) is 22.6 Å². The van der Waals surface area contributed by atoms with Gasteiger partial charge in [-0.25, -0.2) is 10.6 Å². The first-order chi connectivity index (χ1) is 20.3. The Morgan fingerprint density at radius 2 is 1.12 bits per heavy atom. The Balaban J connectivity index is 1.34. The van der Waals surface area contributed by atoms with Gasteiger partial charge in [0.1, 0.15) is 36.1 Å². The van der Waals surface area contributed by atoms with Gasteiger partial charge >= 0.3 is 5.82 Å². The maximum absolute atomic E-state index is 6.27. The highest BCUT2D eigenvalue weighted by Gasteiger charge is 2.71. The molecule has 0 saturated carbocycles. The highest BCUT2D eigenvalue weighted by Crippen LogP contribution is 2.65. The van der Waals surface area contributed by atoms with Crippen LogP contribution in [-0.4, -0.2) is 13.5 Å². The average molecular weight is 569 g/mol. The van der Waals surface area contributed by atoms with E-state index in [-0.39, 0.29) is 5.92 Å². The SMILES string of the molecule is c1cc2c3c(c1)Sc1ccc4c5c1C3(NCO2)[n+]1ccc[n+]2c1C5c1c-4ccc3c1C21NCOc2cccc(c21)S3. The largest absolute Gasteiger partial charge is 0.477 e. The van der Waals surface area contributed by atoms with Crippen LogP contribution in [-0.2, 0) is 11.3 Å². The minimum absolute atomic E-state index is 0.139. The van der Waals surface area contributed by atoms with E-state index in [4.69, 9.17) is 9.47 Å². The summed E-state index contributed by atoms with van der Waals surface area (Å²) >= 11 is 3.75. The molecule has 1 aliphatic carbocycles. The molecule has 0 bridgehead atoms. The van der Waals surface area contributed by atoms with Crippen molar-refractivity contribution in [1.82, 2.24) is 10.6 Å². The highest BCUT2D eigenvalue weighted by molar-refractivity contribution is 7.99. The molecule has 12 rings (SSSR count). The lowest BCUT2D eigenvalue weighted by molar-refractivity contribution is -0.887. The zero-order chi connectivity index (χ0) is 26.2. The van der Waals surface area contributed by atoms with E-state index in [1.54, 1.807) is 0 Å². The second-order valence-electron chi connectivity index (χ2n) is 11.6. The Bertz CT molecular complexity index is 2020. The fraction of sp³-hybridized carbons (Fsp3) is 0.152. The molecule has 0 amide bonds. The summed E-state index contributed by atoms with van der Waals surface area (Å²) in [4.78, 5) is 5.14. The van der Waals surface area contributed by atoms with E-state index in [2.05, 4.69) is 98.9 Å². The van der Waals surface area contributed by atoms with Crippen LogP contribution in [0, 0.1) is 0 Å². The molecular formula is C33H20N4O2S2+2. The second kappa shape index (κ2) is 6.47. The van der Waals surface area contributed by atoms with Gasteiger partial charge in [-0.2, -0.15) is 0 Å². The third-order valence-electron chi connectivity index (χ3n) is 10.2. The Morgan fingerprint density at radius 3 is 1.66 bits per heavy atom. The van der Waals surface area contributed by atoms with Gasteiger partial charge in [0, 0.05) is 19.6 Å². The van der Waals surface area contributed by atoms with Crippen LogP contribution in [0.5, 0.6) is 11.5 Å². The Kier molecular flexibility index (Phi) is 3.31. The summed E-state index contributed by atoms with van der Waals surface area (Å²) in [5, 5.41) is 7.87. The van der Waals surface area contributed by atoms with Gasteiger partial charge in [-0.05, 0) is 58.7 Å². The third-order valence-corrected chi connectivity index (χ3v) is 12.4. The lowest BCUT2D eigenvalue weighted by Crippen LogP contribution is -2.81. The first kappa shape index (κ1) is 21.0. The number of ether oxygens (including phenoxy) is 2. The first-order valence-corrected chi connectivity index (χ1v) is 15.6. The maximum atomic E-state index is 6.27. The first-order valence-electron chi connectivity index (χ1n) is 14.0. The second-order valence-corrected chi connectivity index (χ2v) is 13.8. The summed E-state index contributed by atoms with van der Waals surface area (Å²) in [5.41, 5.74) is 9.67. The molecule has 0 fully saturated rings. The minimum Gasteiger partial charge on any atom is -0.477 e. The quantitative estimate of drug-likeness (QED) is 0.266. The third kappa shape index (κ3) is 1.98. The number of hydrogen-bond donors (Lipinski definition) is 2. The van der Waals surface area contributed by atoms with Crippen molar-refractivity contribution in [2.24, 2.45) is 0 Å². The van der Waals surface area contributed by atoms with Gasteiger partial charge in [0.25, 0.3) is 11.3 Å². The van der Waals surface area contributed by atoms with Crippen LogP contribution < -0.4 is 29.2 Å². The number of nitrogens with one attached hydrogen (secondary N) is 2. The van der Waals surface area contributed by atoms with Gasteiger partial charge in [0.2, 0.25) is 0 Å². The monoisotopic (exact) mass is 568 g/mol. The molecule has 6 aliphatic heterocycles. The lowest BCUT2D eigenvalue weighted by Gasteiger charge is -2.47. The minimum atomic E-state index is -0.569. The molecule has 2 atom stereocenters. The molecule has 2 spiro atoms. The van der Waals surface area contributed by atoms with Crippen LogP contribution >= 0.6 is 23.5 Å². The van der Waals surface area contributed by atoms with Crippen LogP contribution in [0.15, 0.2) is 98.7 Å². The summed E-state index contributed by atoms with van der Waals surface area (Å²) in [6, 6.07) is 24.7. The molecule has 41 heavy (non-hydrogen) atoms. The fourth-order valence-corrected chi connectivity index (χ4v) is 11.4. The molecule has 8 heteroatoms. The molecule has 6 nitrogen and oxygen atoms in total. The van der Waals surface area contributed by atoms with Crippen molar-refractivity contribution >= 4 is 23.5 Å². The van der Waals surface area contributed by atoms with E-state index in [0.29, 0.717) is 13.5 Å². The number of fused-ring (bicyclic) bond motifs is 1. The maximum Gasteiger partial charge on any atom is 0.434 e. The Labute approximate surface area is 243 Å². The van der Waals surface area contributed by atoms with E-state index < -0.39 is 11.3 Å². The van der Waals surface area contributed by atoms with Gasteiger partial charge in [-0.3, -0.25) is 0 Å².